The number of nitrogens with zero attached hydrogens (tertiary/aromatic N) is 5. The molecule has 0 bridgehead atoms. The summed E-state index contributed by atoms with van der Waals surface area (Å²) >= 11 is 1.25. The molecular formula is C15H17N7OS. The number of anilines is 1. The molecule has 2 heterocycles. The Morgan fingerprint density at radius 1 is 1.38 bits per heavy atom. The topological polar surface area (TPSA) is 112 Å². The molecular weight excluding hydrogens is 326 g/mol. The molecule has 0 spiro atoms. The lowest BCUT2D eigenvalue weighted by Gasteiger charge is -2.07. The van der Waals surface area contributed by atoms with E-state index in [4.69, 9.17) is 5.73 Å². The number of aromatic nitrogens is 5. The average molecular weight is 343 g/mol. The van der Waals surface area contributed by atoms with Gasteiger partial charge in [0.2, 0.25) is 5.13 Å². The van der Waals surface area contributed by atoms with Crippen LogP contribution in [0.5, 0.6) is 0 Å². The number of benzene rings is 1. The highest BCUT2D eigenvalue weighted by Gasteiger charge is 2.11. The molecule has 0 aliphatic rings. The van der Waals surface area contributed by atoms with Crippen LogP contribution in [0.3, 0.4) is 0 Å². The van der Waals surface area contributed by atoms with Gasteiger partial charge in [-0.3, -0.25) is 4.79 Å². The van der Waals surface area contributed by atoms with Crippen molar-refractivity contribution in [2.45, 2.75) is 26.4 Å². The Morgan fingerprint density at radius 2 is 2.25 bits per heavy atom. The van der Waals surface area contributed by atoms with Crippen LogP contribution < -0.4 is 11.1 Å². The van der Waals surface area contributed by atoms with Crippen molar-refractivity contribution in [3.05, 3.63) is 41.2 Å². The van der Waals surface area contributed by atoms with Gasteiger partial charge >= 0.3 is 0 Å². The van der Waals surface area contributed by atoms with E-state index >= 15 is 0 Å². The lowest BCUT2D eigenvalue weighted by molar-refractivity contribution is 0.0951. The highest BCUT2D eigenvalue weighted by atomic mass is 32.1. The highest BCUT2D eigenvalue weighted by molar-refractivity contribution is 7.15. The zero-order chi connectivity index (χ0) is 16.9. The monoisotopic (exact) mass is 343 g/mol. The molecule has 3 N–H and O–H groups in total. The summed E-state index contributed by atoms with van der Waals surface area (Å²) in [5, 5.41) is 15.7. The summed E-state index contributed by atoms with van der Waals surface area (Å²) in [6.07, 6.45) is 2.49. The smallest absolute Gasteiger partial charge is 0.251 e. The number of hydrogen-bond acceptors (Lipinski definition) is 7. The molecule has 0 radical (unpaired) electrons. The second-order valence-electron chi connectivity index (χ2n) is 5.10. The van der Waals surface area contributed by atoms with E-state index in [1.165, 1.54) is 17.7 Å². The van der Waals surface area contributed by atoms with E-state index in [-0.39, 0.29) is 5.91 Å². The van der Waals surface area contributed by atoms with E-state index in [0.29, 0.717) is 22.2 Å². The molecule has 0 unspecified atom stereocenters. The maximum absolute atomic E-state index is 12.3. The minimum Gasteiger partial charge on any atom is -0.374 e. The number of nitrogens with one attached hydrogen (secondary N) is 1. The summed E-state index contributed by atoms with van der Waals surface area (Å²) in [6, 6.07) is 7.31. The third kappa shape index (κ3) is 3.57. The zero-order valence-electron chi connectivity index (χ0n) is 13.1. The number of aryl methyl sites for hydroxylation is 1. The summed E-state index contributed by atoms with van der Waals surface area (Å²) in [7, 11) is 0. The summed E-state index contributed by atoms with van der Waals surface area (Å²) < 4.78 is 1.83. The highest BCUT2D eigenvalue weighted by Crippen LogP contribution is 2.18. The lowest BCUT2D eigenvalue weighted by atomic mass is 10.1. The summed E-state index contributed by atoms with van der Waals surface area (Å²) in [5.41, 5.74) is 6.93. The number of amides is 1. The maximum Gasteiger partial charge on any atom is 0.251 e. The molecule has 0 atom stereocenters. The maximum atomic E-state index is 12.3. The fraction of sp³-hybridized carbons (Fsp3) is 0.267. The van der Waals surface area contributed by atoms with Gasteiger partial charge in [0.1, 0.15) is 11.3 Å². The van der Waals surface area contributed by atoms with E-state index in [0.717, 1.165) is 24.4 Å². The fourth-order valence-corrected chi connectivity index (χ4v) is 2.81. The molecule has 1 amide bonds. The van der Waals surface area contributed by atoms with Crippen molar-refractivity contribution in [2.24, 2.45) is 0 Å². The van der Waals surface area contributed by atoms with Crippen LogP contribution in [0.2, 0.25) is 0 Å². The van der Waals surface area contributed by atoms with E-state index in [1.807, 2.05) is 16.8 Å². The standard InChI is InChI=1S/C15H17N7OS/c1-2-6-22-13(18-9-19-22)10-4-3-5-11(7-10)14(23)17-8-12-20-21-15(16)24-12/h3-5,7,9H,2,6,8H2,1H3,(H2,16,21)(H,17,23). The third-order valence-corrected chi connectivity index (χ3v) is 4.07. The van der Waals surface area contributed by atoms with Gasteiger partial charge in [-0.25, -0.2) is 9.67 Å². The first kappa shape index (κ1) is 16.1. The molecule has 124 valence electrons. The van der Waals surface area contributed by atoms with Gasteiger partial charge in [-0.1, -0.05) is 30.4 Å². The molecule has 0 saturated carbocycles. The van der Waals surface area contributed by atoms with Gasteiger partial charge in [0, 0.05) is 17.7 Å². The van der Waals surface area contributed by atoms with Crippen LogP contribution in [-0.4, -0.2) is 30.9 Å². The third-order valence-electron chi connectivity index (χ3n) is 3.32. The number of carbonyl (C=O) groups excluding carboxylic acids is 1. The first-order valence-electron chi connectivity index (χ1n) is 7.51. The molecule has 0 aliphatic carbocycles. The van der Waals surface area contributed by atoms with Gasteiger partial charge in [0.05, 0.1) is 6.54 Å². The van der Waals surface area contributed by atoms with Crippen molar-refractivity contribution < 1.29 is 4.79 Å². The van der Waals surface area contributed by atoms with E-state index in [1.54, 1.807) is 12.1 Å². The Morgan fingerprint density at radius 3 is 3.00 bits per heavy atom. The van der Waals surface area contributed by atoms with Crippen molar-refractivity contribution in [1.82, 2.24) is 30.3 Å². The zero-order valence-corrected chi connectivity index (χ0v) is 14.0. The average Bonchev–Trinajstić information content (AvgIpc) is 3.22. The van der Waals surface area contributed by atoms with E-state index in [2.05, 4.69) is 32.5 Å². The molecule has 0 fully saturated rings. The predicted octanol–water partition coefficient (Wildman–Crippen LogP) is 1.72. The molecule has 8 nitrogen and oxygen atoms in total. The Labute approximate surface area is 142 Å². The summed E-state index contributed by atoms with van der Waals surface area (Å²) in [6.45, 7) is 3.16. The molecule has 2 aromatic heterocycles. The molecule has 9 heteroatoms. The van der Waals surface area contributed by atoms with Crippen molar-refractivity contribution >= 4 is 22.4 Å². The Hall–Kier alpha value is -2.81. The Balaban J connectivity index is 1.74. The van der Waals surface area contributed by atoms with Crippen LogP contribution in [0, 0.1) is 0 Å². The molecule has 0 aliphatic heterocycles. The SMILES string of the molecule is CCCn1ncnc1-c1cccc(C(=O)NCc2nnc(N)s2)c1. The second kappa shape index (κ2) is 7.18. The number of rotatable bonds is 6. The van der Waals surface area contributed by atoms with Crippen LogP contribution in [0.4, 0.5) is 5.13 Å². The van der Waals surface area contributed by atoms with Crippen molar-refractivity contribution in [3.63, 3.8) is 0 Å². The van der Waals surface area contributed by atoms with Crippen LogP contribution in [0.1, 0.15) is 28.7 Å². The van der Waals surface area contributed by atoms with Crippen LogP contribution in [-0.2, 0) is 13.1 Å². The van der Waals surface area contributed by atoms with Crippen molar-refractivity contribution in [1.29, 1.82) is 0 Å². The molecule has 0 saturated heterocycles. The van der Waals surface area contributed by atoms with Crippen LogP contribution in [0.15, 0.2) is 30.6 Å². The first-order valence-corrected chi connectivity index (χ1v) is 8.33. The quantitative estimate of drug-likeness (QED) is 0.705. The van der Waals surface area contributed by atoms with E-state index < -0.39 is 0 Å². The lowest BCUT2D eigenvalue weighted by Crippen LogP contribution is -2.22. The predicted molar refractivity (Wildman–Crippen MR) is 91.2 cm³/mol. The number of nitrogen functional groups attached to an aromatic ring is 1. The van der Waals surface area contributed by atoms with Gasteiger partial charge in [0.25, 0.3) is 5.91 Å². The van der Waals surface area contributed by atoms with Gasteiger partial charge in [-0.15, -0.1) is 10.2 Å². The largest absolute Gasteiger partial charge is 0.374 e. The van der Waals surface area contributed by atoms with E-state index in [9.17, 15) is 4.79 Å². The summed E-state index contributed by atoms with van der Waals surface area (Å²) in [4.78, 5) is 16.6. The first-order chi connectivity index (χ1) is 11.7. The van der Waals surface area contributed by atoms with Gasteiger partial charge in [-0.05, 0) is 18.6 Å². The van der Waals surface area contributed by atoms with Gasteiger partial charge in [-0.2, -0.15) is 5.10 Å². The number of nitrogens with two attached hydrogens (primary N) is 1. The fourth-order valence-electron chi connectivity index (χ4n) is 2.26. The van der Waals surface area contributed by atoms with Gasteiger partial charge in [0.15, 0.2) is 5.82 Å². The summed E-state index contributed by atoms with van der Waals surface area (Å²) in [5.74, 6) is 0.565. The number of hydrogen-bond donors (Lipinski definition) is 2. The second-order valence-corrected chi connectivity index (χ2v) is 6.20. The minimum absolute atomic E-state index is 0.188. The molecule has 3 aromatic rings. The van der Waals surface area contributed by atoms with Gasteiger partial charge < -0.3 is 11.1 Å². The van der Waals surface area contributed by atoms with Crippen LogP contribution in [0.25, 0.3) is 11.4 Å². The molecule has 3 rings (SSSR count). The van der Waals surface area contributed by atoms with Crippen LogP contribution >= 0.6 is 11.3 Å². The number of carbonyl (C=O) groups is 1. The molecule has 1 aromatic carbocycles. The normalized spacial score (nSPS) is 10.7. The Kier molecular flexibility index (Phi) is 4.80. The molecule has 24 heavy (non-hydrogen) atoms. The van der Waals surface area contributed by atoms with Crippen molar-refractivity contribution in [3.8, 4) is 11.4 Å². The van der Waals surface area contributed by atoms with Crippen molar-refractivity contribution in [2.75, 3.05) is 5.73 Å². The minimum atomic E-state index is -0.188. The Bertz CT molecular complexity index is 842.